The van der Waals surface area contributed by atoms with Crippen molar-refractivity contribution in [1.82, 2.24) is 0 Å². The zero-order valence-corrected chi connectivity index (χ0v) is 8.82. The Morgan fingerprint density at radius 1 is 1.12 bits per heavy atom. The summed E-state index contributed by atoms with van der Waals surface area (Å²) in [7, 11) is 0. The van der Waals surface area contributed by atoms with Gasteiger partial charge in [0.15, 0.2) is 0 Å². The average Bonchev–Trinajstić information content (AvgIpc) is 2.25. The zero-order valence-electron chi connectivity index (χ0n) is 8.82. The summed E-state index contributed by atoms with van der Waals surface area (Å²) in [4.78, 5) is 0. The Labute approximate surface area is 96.6 Å². The van der Waals surface area contributed by atoms with Crippen LogP contribution in [0.1, 0.15) is 5.56 Å². The predicted octanol–water partition coefficient (Wildman–Crippen LogP) is 3.15. The Morgan fingerprint density at radius 3 is 2.29 bits per heavy atom. The molecule has 1 N–H and O–H groups in total. The van der Waals surface area contributed by atoms with Gasteiger partial charge in [-0.3, -0.25) is 0 Å². The van der Waals surface area contributed by atoms with E-state index in [1.807, 2.05) is 0 Å². The molecule has 0 aliphatic rings. The maximum absolute atomic E-state index is 11.9. The first kappa shape index (κ1) is 13.3. The van der Waals surface area contributed by atoms with Crippen LogP contribution in [0.4, 0.5) is 13.2 Å². The SMILES string of the molecule is OC/C=C/C=C/c1ccc(OC(F)(F)F)cc1. The molecule has 0 radical (unpaired) electrons. The number of benzene rings is 1. The quantitative estimate of drug-likeness (QED) is 0.824. The summed E-state index contributed by atoms with van der Waals surface area (Å²) in [5, 5.41) is 8.46. The molecule has 1 rings (SSSR count). The second-order valence-electron chi connectivity index (χ2n) is 3.09. The number of hydrogen-bond acceptors (Lipinski definition) is 2. The number of rotatable bonds is 4. The summed E-state index contributed by atoms with van der Waals surface area (Å²) in [5.41, 5.74) is 0.738. The molecule has 5 heteroatoms. The molecule has 1 aromatic carbocycles. The number of ether oxygens (including phenoxy) is 1. The number of allylic oxidation sites excluding steroid dienone is 2. The van der Waals surface area contributed by atoms with Gasteiger partial charge in [-0.2, -0.15) is 0 Å². The Morgan fingerprint density at radius 2 is 1.76 bits per heavy atom. The topological polar surface area (TPSA) is 29.5 Å². The van der Waals surface area contributed by atoms with Gasteiger partial charge in [0.05, 0.1) is 6.61 Å². The number of aliphatic hydroxyl groups excluding tert-OH is 1. The number of alkyl halides is 3. The molecule has 1 aromatic rings. The van der Waals surface area contributed by atoms with Crippen LogP contribution in [0.3, 0.4) is 0 Å². The third-order valence-electron chi connectivity index (χ3n) is 1.75. The van der Waals surface area contributed by atoms with E-state index in [2.05, 4.69) is 4.74 Å². The summed E-state index contributed by atoms with van der Waals surface area (Å²) in [6.45, 7) is -0.0529. The van der Waals surface area contributed by atoms with Crippen LogP contribution in [0.25, 0.3) is 6.08 Å². The average molecular weight is 244 g/mol. The van der Waals surface area contributed by atoms with Crippen molar-refractivity contribution in [2.75, 3.05) is 6.61 Å². The lowest BCUT2D eigenvalue weighted by Crippen LogP contribution is -2.16. The minimum Gasteiger partial charge on any atom is -0.406 e. The molecule has 0 aromatic heterocycles. The van der Waals surface area contributed by atoms with E-state index in [1.54, 1.807) is 18.2 Å². The van der Waals surface area contributed by atoms with E-state index < -0.39 is 6.36 Å². The third kappa shape index (κ3) is 5.77. The van der Waals surface area contributed by atoms with Gasteiger partial charge in [0, 0.05) is 0 Å². The van der Waals surface area contributed by atoms with Crippen LogP contribution in [-0.4, -0.2) is 18.1 Å². The fourth-order valence-corrected chi connectivity index (χ4v) is 1.09. The van der Waals surface area contributed by atoms with E-state index in [9.17, 15) is 13.2 Å². The molecule has 92 valence electrons. The van der Waals surface area contributed by atoms with Crippen molar-refractivity contribution in [2.45, 2.75) is 6.36 Å². The van der Waals surface area contributed by atoms with Gasteiger partial charge in [-0.05, 0) is 17.7 Å². The second kappa shape index (κ2) is 6.10. The van der Waals surface area contributed by atoms with Gasteiger partial charge in [-0.25, -0.2) is 0 Å². The third-order valence-corrected chi connectivity index (χ3v) is 1.75. The molecule has 0 spiro atoms. The molecule has 2 nitrogen and oxygen atoms in total. The molecular weight excluding hydrogens is 233 g/mol. The normalized spacial score (nSPS) is 12.5. The highest BCUT2D eigenvalue weighted by Gasteiger charge is 2.30. The first-order valence-electron chi connectivity index (χ1n) is 4.81. The van der Waals surface area contributed by atoms with E-state index in [0.29, 0.717) is 0 Å². The maximum Gasteiger partial charge on any atom is 0.573 e. The van der Waals surface area contributed by atoms with E-state index >= 15 is 0 Å². The molecule has 0 heterocycles. The summed E-state index contributed by atoms with van der Waals surface area (Å²) in [6.07, 6.45) is 1.89. The molecule has 0 aliphatic carbocycles. The molecule has 0 unspecified atom stereocenters. The van der Waals surface area contributed by atoms with Crippen LogP contribution in [0.2, 0.25) is 0 Å². The molecule has 0 fully saturated rings. The zero-order chi connectivity index (χ0) is 12.7. The van der Waals surface area contributed by atoms with Gasteiger partial charge < -0.3 is 9.84 Å². The van der Waals surface area contributed by atoms with Gasteiger partial charge in [0.25, 0.3) is 0 Å². The Hall–Kier alpha value is -1.75. The lowest BCUT2D eigenvalue weighted by molar-refractivity contribution is -0.274. The molecule has 17 heavy (non-hydrogen) atoms. The van der Waals surface area contributed by atoms with Crippen molar-refractivity contribution >= 4 is 6.08 Å². The fourth-order valence-electron chi connectivity index (χ4n) is 1.09. The van der Waals surface area contributed by atoms with Crippen LogP contribution < -0.4 is 4.74 Å². The minimum absolute atomic E-state index is 0.0529. The molecule has 0 aliphatic heterocycles. The summed E-state index contributed by atoms with van der Waals surface area (Å²) in [5.74, 6) is -0.249. The van der Waals surface area contributed by atoms with Gasteiger partial charge >= 0.3 is 6.36 Å². The Bertz CT molecular complexity index is 391. The molecular formula is C12H11F3O2. The van der Waals surface area contributed by atoms with E-state index in [1.165, 1.54) is 30.3 Å². The maximum atomic E-state index is 11.9. The van der Waals surface area contributed by atoms with E-state index in [-0.39, 0.29) is 12.4 Å². The first-order chi connectivity index (χ1) is 8.01. The lowest BCUT2D eigenvalue weighted by atomic mass is 10.2. The highest BCUT2D eigenvalue weighted by Crippen LogP contribution is 2.22. The summed E-state index contributed by atoms with van der Waals surface area (Å²) in [6, 6.07) is 5.49. The van der Waals surface area contributed by atoms with Gasteiger partial charge in [0.1, 0.15) is 5.75 Å². The number of aliphatic hydroxyl groups is 1. The highest BCUT2D eigenvalue weighted by atomic mass is 19.4. The van der Waals surface area contributed by atoms with Crippen LogP contribution >= 0.6 is 0 Å². The predicted molar refractivity (Wildman–Crippen MR) is 58.4 cm³/mol. The number of hydrogen-bond donors (Lipinski definition) is 1. The van der Waals surface area contributed by atoms with Crippen LogP contribution in [0.5, 0.6) is 5.75 Å². The smallest absolute Gasteiger partial charge is 0.406 e. The molecule has 0 amide bonds. The van der Waals surface area contributed by atoms with Crippen LogP contribution in [0, 0.1) is 0 Å². The van der Waals surface area contributed by atoms with Crippen LogP contribution in [-0.2, 0) is 0 Å². The summed E-state index contributed by atoms with van der Waals surface area (Å²) >= 11 is 0. The standard InChI is InChI=1S/C12H11F3O2/c13-12(14,15)17-11-7-5-10(6-8-11)4-2-1-3-9-16/h1-8,16H,9H2/b3-1+,4-2+. The minimum atomic E-state index is -4.67. The molecule has 0 atom stereocenters. The van der Waals surface area contributed by atoms with Crippen LogP contribution in [0.15, 0.2) is 42.5 Å². The van der Waals surface area contributed by atoms with E-state index in [4.69, 9.17) is 5.11 Å². The Kier molecular flexibility index (Phi) is 4.78. The van der Waals surface area contributed by atoms with Crippen molar-refractivity contribution < 1.29 is 23.0 Å². The van der Waals surface area contributed by atoms with Crippen molar-refractivity contribution in [2.24, 2.45) is 0 Å². The van der Waals surface area contributed by atoms with Gasteiger partial charge in [0.2, 0.25) is 0 Å². The Balaban J connectivity index is 2.62. The summed E-state index contributed by atoms with van der Waals surface area (Å²) < 4.78 is 39.3. The fraction of sp³-hybridized carbons (Fsp3) is 0.167. The van der Waals surface area contributed by atoms with Gasteiger partial charge in [-0.1, -0.05) is 36.4 Å². The second-order valence-corrected chi connectivity index (χ2v) is 3.09. The highest BCUT2D eigenvalue weighted by molar-refractivity contribution is 5.52. The lowest BCUT2D eigenvalue weighted by Gasteiger charge is -2.08. The monoisotopic (exact) mass is 244 g/mol. The molecule has 0 bridgehead atoms. The van der Waals surface area contributed by atoms with Crippen molar-refractivity contribution in [1.29, 1.82) is 0 Å². The van der Waals surface area contributed by atoms with Gasteiger partial charge in [-0.15, -0.1) is 13.2 Å². The first-order valence-corrected chi connectivity index (χ1v) is 4.81. The molecule has 0 saturated heterocycles. The van der Waals surface area contributed by atoms with Crippen molar-refractivity contribution in [3.8, 4) is 5.75 Å². The van der Waals surface area contributed by atoms with Crippen molar-refractivity contribution in [3.63, 3.8) is 0 Å². The number of halogens is 3. The molecule has 0 saturated carbocycles. The van der Waals surface area contributed by atoms with Crippen molar-refractivity contribution in [3.05, 3.63) is 48.1 Å². The van der Waals surface area contributed by atoms with E-state index in [0.717, 1.165) is 5.56 Å². The largest absolute Gasteiger partial charge is 0.573 e.